The fourth-order valence-electron chi connectivity index (χ4n) is 1.78. The predicted octanol–water partition coefficient (Wildman–Crippen LogP) is 0.743. The summed E-state index contributed by atoms with van der Waals surface area (Å²) in [6.07, 6.45) is 0.906. The molecule has 92 valence electrons. The zero-order valence-electron chi connectivity index (χ0n) is 9.91. The van der Waals surface area contributed by atoms with Gasteiger partial charge in [-0.3, -0.25) is 9.59 Å². The summed E-state index contributed by atoms with van der Waals surface area (Å²) in [5.41, 5.74) is 0.984. The fourth-order valence-corrected chi connectivity index (χ4v) is 1.78. The van der Waals surface area contributed by atoms with E-state index in [2.05, 4.69) is 10.6 Å². The molecule has 5 nitrogen and oxygen atoms in total. The van der Waals surface area contributed by atoms with Crippen LogP contribution in [0.15, 0.2) is 33.9 Å². The molecule has 0 spiro atoms. The van der Waals surface area contributed by atoms with Gasteiger partial charge in [-0.2, -0.15) is 0 Å². The van der Waals surface area contributed by atoms with Crippen molar-refractivity contribution in [2.24, 2.45) is 0 Å². The van der Waals surface area contributed by atoms with Crippen molar-refractivity contribution in [2.45, 2.75) is 6.54 Å². The molecule has 0 bridgehead atoms. The second kappa shape index (κ2) is 4.93. The highest BCUT2D eigenvalue weighted by Crippen LogP contribution is 2.17. The lowest BCUT2D eigenvalue weighted by atomic mass is 10.1. The monoisotopic (exact) mass is 243 g/mol. The summed E-state index contributed by atoms with van der Waals surface area (Å²) in [6, 6.07) is 7.52. The average Bonchev–Trinajstić information content (AvgIpc) is 2.39. The molecule has 0 saturated heterocycles. The maximum absolute atomic E-state index is 11.4. The van der Waals surface area contributed by atoms with E-state index in [4.69, 9.17) is 5.41 Å². The van der Waals surface area contributed by atoms with Crippen LogP contribution in [0.2, 0.25) is 0 Å². The van der Waals surface area contributed by atoms with E-state index in [0.29, 0.717) is 0 Å². The Kier molecular flexibility index (Phi) is 3.34. The molecule has 0 radical (unpaired) electrons. The maximum Gasteiger partial charge on any atom is 0.250 e. The van der Waals surface area contributed by atoms with Gasteiger partial charge in [0.05, 0.1) is 5.56 Å². The summed E-state index contributed by atoms with van der Waals surface area (Å²) in [5.74, 6) is 0. The van der Waals surface area contributed by atoms with Gasteiger partial charge in [0.15, 0.2) is 0 Å². The molecule has 0 aliphatic rings. The molecule has 0 unspecified atom stereocenters. The first-order chi connectivity index (χ1) is 8.67. The Hall–Kier alpha value is -2.27. The molecule has 0 aliphatic carbocycles. The summed E-state index contributed by atoms with van der Waals surface area (Å²) in [6.45, 7) is 0.721. The molecule has 0 atom stereocenters. The van der Waals surface area contributed by atoms with Crippen molar-refractivity contribution in [3.05, 3.63) is 55.8 Å². The molecule has 0 saturated carbocycles. The molecule has 3 N–H and O–H groups in total. The third kappa shape index (κ3) is 2.08. The molecule has 2 aromatic carbocycles. The summed E-state index contributed by atoms with van der Waals surface area (Å²) in [7, 11) is 1.85. The first kappa shape index (κ1) is 12.2. The minimum absolute atomic E-state index is 0.138. The highest BCUT2D eigenvalue weighted by molar-refractivity contribution is 5.90. The van der Waals surface area contributed by atoms with Gasteiger partial charge in [-0.1, -0.05) is 12.1 Å². The van der Waals surface area contributed by atoms with Crippen LogP contribution in [0.5, 0.6) is 0 Å². The molecular formula is C13H13N3O2. The topological polar surface area (TPSA) is 82.0 Å². The van der Waals surface area contributed by atoms with Gasteiger partial charge >= 0.3 is 0 Å². The number of rotatable bonds is 5. The fraction of sp³-hybridized carbons (Fsp3) is 0.154. The van der Waals surface area contributed by atoms with Crippen molar-refractivity contribution in [3.8, 4) is 0 Å². The molecule has 2 aromatic rings. The Morgan fingerprint density at radius 2 is 2.06 bits per heavy atom. The van der Waals surface area contributed by atoms with E-state index >= 15 is 0 Å². The average molecular weight is 243 g/mol. The van der Waals surface area contributed by atoms with Crippen LogP contribution in [0.1, 0.15) is 11.1 Å². The van der Waals surface area contributed by atoms with Crippen molar-refractivity contribution in [1.82, 2.24) is 5.32 Å². The second-order valence-electron chi connectivity index (χ2n) is 3.95. The van der Waals surface area contributed by atoms with Crippen molar-refractivity contribution < 1.29 is 0 Å². The number of anilines is 2. The highest BCUT2D eigenvalue weighted by atomic mass is 16.2. The molecule has 2 rings (SSSR count). The van der Waals surface area contributed by atoms with Gasteiger partial charge in [0.25, 0.3) is 5.43 Å². The minimum Gasteiger partial charge on any atom is -0.352 e. The summed E-state index contributed by atoms with van der Waals surface area (Å²) in [5, 5.41) is 13.0. The van der Waals surface area contributed by atoms with Crippen LogP contribution >= 0.6 is 0 Å². The number of benzene rings is 1. The van der Waals surface area contributed by atoms with E-state index in [1.165, 1.54) is 0 Å². The van der Waals surface area contributed by atoms with Gasteiger partial charge in [0, 0.05) is 18.4 Å². The Morgan fingerprint density at radius 3 is 2.72 bits per heavy atom. The lowest BCUT2D eigenvalue weighted by Crippen LogP contribution is -2.37. The van der Waals surface area contributed by atoms with Crippen LogP contribution in [-0.2, 0) is 6.54 Å². The molecule has 0 heterocycles. The Balaban J connectivity index is 2.26. The summed E-state index contributed by atoms with van der Waals surface area (Å²) >= 11 is 0. The van der Waals surface area contributed by atoms with E-state index < -0.39 is 10.9 Å². The number of hydrogen-bond donors (Lipinski definition) is 3. The second-order valence-corrected chi connectivity index (χ2v) is 3.95. The Bertz CT molecular complexity index is 654. The zero-order chi connectivity index (χ0) is 13.1. The normalized spacial score (nSPS) is 10.5. The van der Waals surface area contributed by atoms with Gasteiger partial charge in [-0.25, -0.2) is 0 Å². The standard InChI is InChI=1S/C13H13N3O2/c1-15-7-8-3-2-4-9(5-8)16-11-10(6-14)12(17)13(11)18/h2-6,14-16H,7H2,1H3. The molecule has 0 amide bonds. The number of hydrogen-bond acceptors (Lipinski definition) is 5. The van der Waals surface area contributed by atoms with E-state index in [0.717, 1.165) is 24.0 Å². The van der Waals surface area contributed by atoms with Gasteiger partial charge in [-0.15, -0.1) is 0 Å². The minimum atomic E-state index is -0.598. The molecule has 0 fully saturated rings. The van der Waals surface area contributed by atoms with E-state index in [1.54, 1.807) is 0 Å². The van der Waals surface area contributed by atoms with E-state index in [9.17, 15) is 9.59 Å². The SMILES string of the molecule is CNCc1cccc(Nc2c(C=N)c(=O)c2=O)c1. The largest absolute Gasteiger partial charge is 0.352 e. The van der Waals surface area contributed by atoms with Crippen LogP contribution in [0.3, 0.4) is 0 Å². The van der Waals surface area contributed by atoms with E-state index in [1.807, 2.05) is 31.3 Å². The summed E-state index contributed by atoms with van der Waals surface area (Å²) in [4.78, 5) is 22.5. The molecule has 5 heteroatoms. The molecule has 18 heavy (non-hydrogen) atoms. The van der Waals surface area contributed by atoms with Crippen LogP contribution < -0.4 is 21.5 Å². The van der Waals surface area contributed by atoms with Crippen molar-refractivity contribution >= 4 is 17.6 Å². The third-order valence-corrected chi connectivity index (χ3v) is 2.67. The highest BCUT2D eigenvalue weighted by Gasteiger charge is 2.18. The van der Waals surface area contributed by atoms with Gasteiger partial charge in [-0.05, 0) is 24.7 Å². The predicted molar refractivity (Wildman–Crippen MR) is 71.7 cm³/mol. The van der Waals surface area contributed by atoms with Crippen molar-refractivity contribution in [3.63, 3.8) is 0 Å². The maximum atomic E-state index is 11.4. The van der Waals surface area contributed by atoms with Crippen LogP contribution in [0, 0.1) is 5.41 Å². The van der Waals surface area contributed by atoms with Gasteiger partial charge in [0.2, 0.25) is 5.43 Å². The van der Waals surface area contributed by atoms with Crippen LogP contribution in [0.25, 0.3) is 0 Å². The molecular weight excluding hydrogens is 230 g/mol. The number of nitrogens with one attached hydrogen (secondary N) is 3. The van der Waals surface area contributed by atoms with Crippen LogP contribution in [-0.4, -0.2) is 13.3 Å². The lowest BCUT2D eigenvalue weighted by molar-refractivity contribution is 0.818. The van der Waals surface area contributed by atoms with Crippen molar-refractivity contribution in [2.75, 3.05) is 12.4 Å². The van der Waals surface area contributed by atoms with E-state index in [-0.39, 0.29) is 11.3 Å². The molecule has 0 aliphatic heterocycles. The van der Waals surface area contributed by atoms with Crippen LogP contribution in [0.4, 0.5) is 11.4 Å². The molecule has 0 aromatic heterocycles. The quantitative estimate of drug-likeness (QED) is 0.534. The Morgan fingerprint density at radius 1 is 1.28 bits per heavy atom. The first-order valence-corrected chi connectivity index (χ1v) is 5.51. The van der Waals surface area contributed by atoms with Crippen molar-refractivity contribution in [1.29, 1.82) is 5.41 Å². The zero-order valence-corrected chi connectivity index (χ0v) is 9.91. The van der Waals surface area contributed by atoms with Gasteiger partial charge < -0.3 is 16.0 Å². The first-order valence-electron chi connectivity index (χ1n) is 5.51. The smallest absolute Gasteiger partial charge is 0.250 e. The lowest BCUT2D eigenvalue weighted by Gasteiger charge is -2.11. The van der Waals surface area contributed by atoms with Gasteiger partial charge in [0.1, 0.15) is 5.69 Å². The third-order valence-electron chi connectivity index (χ3n) is 2.67. The Labute approximate surface area is 104 Å². The summed E-state index contributed by atoms with van der Waals surface area (Å²) < 4.78 is 0.